The number of rotatable bonds is 8. The summed E-state index contributed by atoms with van der Waals surface area (Å²) in [4.78, 5) is 12.8. The summed E-state index contributed by atoms with van der Waals surface area (Å²) < 4.78 is 27.7. The Morgan fingerprint density at radius 1 is 0.800 bits per heavy atom. The number of sulfonamides is 1. The van der Waals surface area contributed by atoms with Gasteiger partial charge in [-0.2, -0.15) is 4.31 Å². The number of carbonyl (C=O) groups is 1. The second kappa shape index (κ2) is 9.69. The molecule has 6 heteroatoms. The molecule has 0 aliphatic rings. The maximum Gasteiger partial charge on any atom is 0.243 e. The van der Waals surface area contributed by atoms with Crippen LogP contribution < -0.4 is 5.32 Å². The molecule has 0 radical (unpaired) electrons. The molecule has 3 aromatic rings. The van der Waals surface area contributed by atoms with Crippen LogP contribution in [0.4, 0.5) is 0 Å². The maximum absolute atomic E-state index is 13.2. The monoisotopic (exact) mass is 422 g/mol. The minimum atomic E-state index is -3.83. The van der Waals surface area contributed by atoms with Crippen LogP contribution in [0.25, 0.3) is 0 Å². The lowest BCUT2D eigenvalue weighted by Crippen LogP contribution is -2.40. The fourth-order valence-electron chi connectivity index (χ4n) is 2.99. The first-order valence-electron chi connectivity index (χ1n) is 9.77. The molecule has 30 heavy (non-hydrogen) atoms. The summed E-state index contributed by atoms with van der Waals surface area (Å²) in [5.74, 6) is -0.345. The molecule has 0 aromatic heterocycles. The number of hydrogen-bond donors (Lipinski definition) is 1. The van der Waals surface area contributed by atoms with Gasteiger partial charge in [0.05, 0.1) is 11.4 Å². The molecule has 1 amide bonds. The third-order valence-corrected chi connectivity index (χ3v) is 6.60. The van der Waals surface area contributed by atoms with Crippen LogP contribution in [0.2, 0.25) is 0 Å². The van der Waals surface area contributed by atoms with E-state index in [-0.39, 0.29) is 23.9 Å². The molecule has 0 atom stereocenters. The first kappa shape index (κ1) is 21.7. The van der Waals surface area contributed by atoms with E-state index in [9.17, 15) is 13.2 Å². The van der Waals surface area contributed by atoms with Crippen molar-refractivity contribution < 1.29 is 13.2 Å². The minimum Gasteiger partial charge on any atom is -0.351 e. The number of hydrogen-bond acceptors (Lipinski definition) is 3. The summed E-state index contributed by atoms with van der Waals surface area (Å²) in [6, 6.07) is 23.8. The lowest BCUT2D eigenvalue weighted by molar-refractivity contribution is -0.121. The topological polar surface area (TPSA) is 66.5 Å². The predicted molar refractivity (Wildman–Crippen MR) is 118 cm³/mol. The van der Waals surface area contributed by atoms with E-state index >= 15 is 0 Å². The van der Waals surface area contributed by atoms with Crippen molar-refractivity contribution in [1.29, 1.82) is 0 Å². The highest BCUT2D eigenvalue weighted by atomic mass is 32.2. The van der Waals surface area contributed by atoms with Crippen molar-refractivity contribution in [2.75, 3.05) is 6.54 Å². The molecule has 0 aliphatic heterocycles. The SMILES string of the molecule is Cc1ccc(CNC(=O)CN(Cc2ccccc2)S(=O)(=O)c2ccc(C)cc2)cc1. The molecular formula is C24H26N2O3S. The van der Waals surface area contributed by atoms with Crippen molar-refractivity contribution >= 4 is 15.9 Å². The lowest BCUT2D eigenvalue weighted by atomic mass is 10.1. The Hall–Kier alpha value is -2.96. The molecule has 0 spiro atoms. The molecule has 1 N–H and O–H groups in total. The van der Waals surface area contributed by atoms with Crippen LogP contribution in [0.15, 0.2) is 83.8 Å². The molecule has 3 aromatic carbocycles. The molecule has 0 aliphatic carbocycles. The van der Waals surface area contributed by atoms with Crippen molar-refractivity contribution in [1.82, 2.24) is 9.62 Å². The van der Waals surface area contributed by atoms with Crippen molar-refractivity contribution in [3.8, 4) is 0 Å². The van der Waals surface area contributed by atoms with Gasteiger partial charge < -0.3 is 5.32 Å². The second-order valence-electron chi connectivity index (χ2n) is 7.33. The van der Waals surface area contributed by atoms with Crippen LogP contribution in [0.5, 0.6) is 0 Å². The highest BCUT2D eigenvalue weighted by molar-refractivity contribution is 7.89. The average Bonchev–Trinajstić information content (AvgIpc) is 2.74. The number of benzene rings is 3. The third kappa shape index (κ3) is 5.78. The van der Waals surface area contributed by atoms with E-state index in [2.05, 4.69) is 5.32 Å². The van der Waals surface area contributed by atoms with E-state index in [4.69, 9.17) is 0 Å². The van der Waals surface area contributed by atoms with Gasteiger partial charge >= 0.3 is 0 Å². The van der Waals surface area contributed by atoms with E-state index in [1.807, 2.05) is 68.4 Å². The Balaban J connectivity index is 1.77. The lowest BCUT2D eigenvalue weighted by Gasteiger charge is -2.22. The molecule has 0 unspecified atom stereocenters. The van der Waals surface area contributed by atoms with E-state index in [0.29, 0.717) is 6.54 Å². The Labute approximate surface area is 178 Å². The maximum atomic E-state index is 13.2. The summed E-state index contributed by atoms with van der Waals surface area (Å²) in [6.45, 7) is 4.12. The van der Waals surface area contributed by atoms with Crippen LogP contribution in [0.1, 0.15) is 22.3 Å². The number of aryl methyl sites for hydroxylation is 2. The van der Waals surface area contributed by atoms with Crippen LogP contribution in [-0.4, -0.2) is 25.2 Å². The smallest absolute Gasteiger partial charge is 0.243 e. The first-order chi connectivity index (χ1) is 14.3. The van der Waals surface area contributed by atoms with Crippen molar-refractivity contribution in [2.24, 2.45) is 0 Å². The van der Waals surface area contributed by atoms with E-state index in [1.165, 1.54) is 4.31 Å². The molecular weight excluding hydrogens is 396 g/mol. The average molecular weight is 423 g/mol. The van der Waals surface area contributed by atoms with Crippen LogP contribution in [-0.2, 0) is 27.9 Å². The summed E-state index contributed by atoms with van der Waals surface area (Å²) in [5, 5.41) is 2.82. The van der Waals surface area contributed by atoms with Gasteiger partial charge in [0.15, 0.2) is 0 Å². The quantitative estimate of drug-likeness (QED) is 0.600. The highest BCUT2D eigenvalue weighted by Crippen LogP contribution is 2.19. The summed E-state index contributed by atoms with van der Waals surface area (Å²) in [6.07, 6.45) is 0. The van der Waals surface area contributed by atoms with E-state index in [0.717, 1.165) is 22.3 Å². The summed E-state index contributed by atoms with van der Waals surface area (Å²) in [5.41, 5.74) is 3.90. The predicted octanol–water partition coefficient (Wildman–Crippen LogP) is 3.81. The third-order valence-electron chi connectivity index (χ3n) is 4.79. The molecule has 0 heterocycles. The van der Waals surface area contributed by atoms with E-state index in [1.54, 1.807) is 24.3 Å². The Morgan fingerprint density at radius 2 is 1.37 bits per heavy atom. The number of nitrogens with one attached hydrogen (secondary N) is 1. The minimum absolute atomic E-state index is 0.120. The van der Waals surface area contributed by atoms with Gasteiger partial charge in [-0.1, -0.05) is 77.9 Å². The summed E-state index contributed by atoms with van der Waals surface area (Å²) >= 11 is 0. The second-order valence-corrected chi connectivity index (χ2v) is 9.27. The molecule has 0 fully saturated rings. The van der Waals surface area contributed by atoms with E-state index < -0.39 is 10.0 Å². The highest BCUT2D eigenvalue weighted by Gasteiger charge is 2.26. The van der Waals surface area contributed by atoms with Crippen LogP contribution >= 0.6 is 0 Å². The van der Waals surface area contributed by atoms with Gasteiger partial charge in [0.1, 0.15) is 0 Å². The normalized spacial score (nSPS) is 11.4. The first-order valence-corrected chi connectivity index (χ1v) is 11.2. The van der Waals surface area contributed by atoms with Gasteiger partial charge in [-0.25, -0.2) is 8.42 Å². The number of amides is 1. The van der Waals surface area contributed by atoms with Crippen LogP contribution in [0, 0.1) is 13.8 Å². The zero-order valence-corrected chi connectivity index (χ0v) is 18.0. The van der Waals surface area contributed by atoms with Gasteiger partial charge in [-0.3, -0.25) is 4.79 Å². The molecule has 0 saturated carbocycles. The molecule has 0 saturated heterocycles. The van der Waals surface area contributed by atoms with Crippen LogP contribution in [0.3, 0.4) is 0 Å². The van der Waals surface area contributed by atoms with Crippen molar-refractivity contribution in [3.05, 3.63) is 101 Å². The fraction of sp³-hybridized carbons (Fsp3) is 0.208. The largest absolute Gasteiger partial charge is 0.351 e. The molecule has 5 nitrogen and oxygen atoms in total. The molecule has 156 valence electrons. The summed E-state index contributed by atoms with van der Waals surface area (Å²) in [7, 11) is -3.83. The zero-order valence-electron chi connectivity index (χ0n) is 17.2. The zero-order chi connectivity index (χ0) is 21.6. The molecule has 3 rings (SSSR count). The van der Waals surface area contributed by atoms with Gasteiger partial charge in [0.2, 0.25) is 15.9 Å². The fourth-order valence-corrected chi connectivity index (χ4v) is 4.38. The van der Waals surface area contributed by atoms with Crippen molar-refractivity contribution in [3.63, 3.8) is 0 Å². The number of nitrogens with zero attached hydrogens (tertiary/aromatic N) is 1. The van der Waals surface area contributed by atoms with Gasteiger partial charge in [0.25, 0.3) is 0 Å². The van der Waals surface area contributed by atoms with Gasteiger partial charge in [-0.05, 0) is 37.1 Å². The Morgan fingerprint density at radius 3 is 1.97 bits per heavy atom. The Kier molecular flexibility index (Phi) is 7.03. The Bertz CT molecular complexity index is 1080. The molecule has 0 bridgehead atoms. The number of carbonyl (C=O) groups excluding carboxylic acids is 1. The van der Waals surface area contributed by atoms with Gasteiger partial charge in [0, 0.05) is 13.1 Å². The standard InChI is InChI=1S/C24H26N2O3S/c1-19-8-12-21(13-9-19)16-25-24(27)18-26(17-22-6-4-3-5-7-22)30(28,29)23-14-10-20(2)11-15-23/h3-15H,16-18H2,1-2H3,(H,25,27). The van der Waals surface area contributed by atoms with Gasteiger partial charge in [-0.15, -0.1) is 0 Å². The van der Waals surface area contributed by atoms with Crippen molar-refractivity contribution in [2.45, 2.75) is 31.8 Å².